The predicted molar refractivity (Wildman–Crippen MR) is 149 cm³/mol. The SMILES string of the molecule is CN(C)Cc1nc(Nc2ccc(-c3cnc4ccc5c(n34)CCO5)c3c2C(=O)NC3)ccc1C1CCOCC1. The lowest BCUT2D eigenvalue weighted by Gasteiger charge is -2.25. The van der Waals surface area contributed by atoms with Gasteiger partial charge in [0.15, 0.2) is 0 Å². The van der Waals surface area contributed by atoms with E-state index >= 15 is 0 Å². The Bertz CT molecular complexity index is 1590. The minimum Gasteiger partial charge on any atom is -0.491 e. The summed E-state index contributed by atoms with van der Waals surface area (Å²) >= 11 is 0. The lowest BCUT2D eigenvalue weighted by atomic mass is 9.90. The number of imidazole rings is 1. The summed E-state index contributed by atoms with van der Waals surface area (Å²) in [6, 6.07) is 12.3. The molecule has 4 aromatic rings. The Kier molecular flexibility index (Phi) is 5.97. The fourth-order valence-corrected chi connectivity index (χ4v) is 6.16. The van der Waals surface area contributed by atoms with E-state index in [0.29, 0.717) is 24.6 Å². The van der Waals surface area contributed by atoms with Crippen LogP contribution in [0, 0.1) is 0 Å². The first-order valence-electron chi connectivity index (χ1n) is 13.6. The van der Waals surface area contributed by atoms with Crippen LogP contribution in [0.2, 0.25) is 0 Å². The molecule has 9 nitrogen and oxygen atoms in total. The fraction of sp³-hybridized carbons (Fsp3) is 0.367. The number of nitrogens with one attached hydrogen (secondary N) is 2. The summed E-state index contributed by atoms with van der Waals surface area (Å²) in [6.07, 6.45) is 4.76. The van der Waals surface area contributed by atoms with Crippen LogP contribution in [0.4, 0.5) is 11.5 Å². The summed E-state index contributed by atoms with van der Waals surface area (Å²) in [5.74, 6) is 2.02. The minimum absolute atomic E-state index is 0.0796. The number of anilines is 2. The Morgan fingerprint density at radius 2 is 1.97 bits per heavy atom. The molecule has 1 aromatic carbocycles. The topological polar surface area (TPSA) is 93.0 Å². The monoisotopic (exact) mass is 524 g/mol. The maximum absolute atomic E-state index is 13.1. The van der Waals surface area contributed by atoms with Crippen LogP contribution in [0.1, 0.15) is 51.6 Å². The van der Waals surface area contributed by atoms with Crippen molar-refractivity contribution in [2.45, 2.75) is 38.3 Å². The zero-order valence-corrected chi connectivity index (χ0v) is 22.3. The van der Waals surface area contributed by atoms with Crippen LogP contribution in [-0.4, -0.2) is 59.1 Å². The lowest BCUT2D eigenvalue weighted by molar-refractivity contribution is 0.0849. The van der Waals surface area contributed by atoms with Crippen molar-refractivity contribution in [3.63, 3.8) is 0 Å². The fourth-order valence-electron chi connectivity index (χ4n) is 6.16. The summed E-state index contributed by atoms with van der Waals surface area (Å²) in [6.45, 7) is 3.48. The maximum Gasteiger partial charge on any atom is 0.254 e. The van der Waals surface area contributed by atoms with E-state index in [1.54, 1.807) is 0 Å². The van der Waals surface area contributed by atoms with E-state index < -0.39 is 0 Å². The predicted octanol–water partition coefficient (Wildman–Crippen LogP) is 4.27. The molecule has 1 saturated heterocycles. The Hall–Kier alpha value is -3.95. The number of hydrogen-bond acceptors (Lipinski definition) is 7. The molecule has 0 spiro atoms. The Labute approximate surface area is 227 Å². The van der Waals surface area contributed by atoms with E-state index in [9.17, 15) is 4.79 Å². The molecule has 0 aliphatic carbocycles. The molecule has 0 saturated carbocycles. The van der Waals surface area contributed by atoms with E-state index in [-0.39, 0.29) is 5.91 Å². The van der Waals surface area contributed by atoms with Crippen LogP contribution in [0.5, 0.6) is 5.75 Å². The van der Waals surface area contributed by atoms with Gasteiger partial charge in [-0.25, -0.2) is 9.97 Å². The van der Waals surface area contributed by atoms with Crippen molar-refractivity contribution >= 4 is 23.1 Å². The van der Waals surface area contributed by atoms with Gasteiger partial charge in [-0.05, 0) is 68.2 Å². The molecule has 9 heteroatoms. The van der Waals surface area contributed by atoms with Gasteiger partial charge in [0.1, 0.15) is 17.2 Å². The molecule has 0 atom stereocenters. The molecule has 3 aromatic heterocycles. The summed E-state index contributed by atoms with van der Waals surface area (Å²) < 4.78 is 13.6. The van der Waals surface area contributed by atoms with Crippen molar-refractivity contribution in [1.29, 1.82) is 0 Å². The highest BCUT2D eigenvalue weighted by atomic mass is 16.5. The summed E-state index contributed by atoms with van der Waals surface area (Å²) in [7, 11) is 4.13. The number of amides is 1. The van der Waals surface area contributed by atoms with Gasteiger partial charge < -0.3 is 25.0 Å². The first-order valence-corrected chi connectivity index (χ1v) is 13.6. The smallest absolute Gasteiger partial charge is 0.254 e. The number of hydrogen-bond donors (Lipinski definition) is 2. The molecule has 3 aliphatic heterocycles. The second-order valence-corrected chi connectivity index (χ2v) is 10.8. The molecule has 7 rings (SSSR count). The molecular formula is C30H32N6O3. The van der Waals surface area contributed by atoms with Crippen LogP contribution < -0.4 is 15.4 Å². The average Bonchev–Trinajstić information content (AvgIpc) is 3.68. The highest BCUT2D eigenvalue weighted by Gasteiger charge is 2.29. The highest BCUT2D eigenvalue weighted by Crippen LogP contribution is 2.38. The van der Waals surface area contributed by atoms with Crippen LogP contribution in [0.15, 0.2) is 42.6 Å². The van der Waals surface area contributed by atoms with E-state index in [4.69, 9.17) is 14.5 Å². The van der Waals surface area contributed by atoms with Crippen molar-refractivity contribution in [3.8, 4) is 17.0 Å². The van der Waals surface area contributed by atoms with Gasteiger partial charge in [-0.3, -0.25) is 9.20 Å². The van der Waals surface area contributed by atoms with Crippen LogP contribution in [0.25, 0.3) is 16.9 Å². The standard InChI is InChI=1S/C30H32N6O3/c1-35(2)17-23-19(18-9-12-38-13-10-18)4-7-27(34-23)33-22-5-3-20(21-15-32-30(37)29(21)22)25-16-31-28-8-6-26-24(36(25)28)11-14-39-26/h3-8,16,18H,9-15,17H2,1-2H3,(H,32,37)(H,33,34). The van der Waals surface area contributed by atoms with Gasteiger partial charge in [0.25, 0.3) is 5.91 Å². The van der Waals surface area contributed by atoms with Crippen LogP contribution in [-0.2, 0) is 24.2 Å². The number of ether oxygens (including phenoxy) is 2. The van der Waals surface area contributed by atoms with E-state index in [1.807, 2.05) is 30.5 Å². The first kappa shape index (κ1) is 24.1. The largest absolute Gasteiger partial charge is 0.491 e. The van der Waals surface area contributed by atoms with Gasteiger partial charge in [0.05, 0.1) is 41.1 Å². The Morgan fingerprint density at radius 3 is 2.82 bits per heavy atom. The Balaban J connectivity index is 1.27. The molecule has 2 N–H and O–H groups in total. The zero-order valence-electron chi connectivity index (χ0n) is 22.3. The highest BCUT2D eigenvalue weighted by molar-refractivity contribution is 6.06. The molecule has 6 heterocycles. The lowest BCUT2D eigenvalue weighted by Crippen LogP contribution is -2.19. The second-order valence-electron chi connectivity index (χ2n) is 10.8. The van der Waals surface area contributed by atoms with Crippen LogP contribution >= 0.6 is 0 Å². The number of nitrogens with zero attached hydrogens (tertiary/aromatic N) is 4. The number of carbonyl (C=O) groups is 1. The second kappa shape index (κ2) is 9.66. The van der Waals surface area contributed by atoms with Crippen molar-refractivity contribution in [3.05, 3.63) is 70.7 Å². The molecular weight excluding hydrogens is 492 g/mol. The van der Waals surface area contributed by atoms with Crippen molar-refractivity contribution in [1.82, 2.24) is 24.6 Å². The van der Waals surface area contributed by atoms with Gasteiger partial charge in [-0.2, -0.15) is 0 Å². The molecule has 1 fully saturated rings. The quantitative estimate of drug-likeness (QED) is 0.389. The van der Waals surface area contributed by atoms with Gasteiger partial charge in [0.2, 0.25) is 0 Å². The molecule has 3 aliphatic rings. The molecule has 39 heavy (non-hydrogen) atoms. The number of carbonyl (C=O) groups excluding carboxylic acids is 1. The average molecular weight is 525 g/mol. The number of fused-ring (bicyclic) bond motifs is 4. The molecule has 0 bridgehead atoms. The molecule has 1 amide bonds. The summed E-state index contributed by atoms with van der Waals surface area (Å²) in [4.78, 5) is 24.9. The molecule has 200 valence electrons. The molecule has 0 unspecified atom stereocenters. The first-order chi connectivity index (χ1) is 19.1. The van der Waals surface area contributed by atoms with Crippen molar-refractivity contribution in [2.24, 2.45) is 0 Å². The van der Waals surface area contributed by atoms with E-state index in [0.717, 1.165) is 90.1 Å². The number of benzene rings is 1. The maximum atomic E-state index is 13.1. The number of aromatic nitrogens is 3. The van der Waals surface area contributed by atoms with Gasteiger partial charge in [0, 0.05) is 38.3 Å². The van der Waals surface area contributed by atoms with E-state index in [1.165, 1.54) is 5.56 Å². The zero-order chi connectivity index (χ0) is 26.5. The summed E-state index contributed by atoms with van der Waals surface area (Å²) in [5.41, 5.74) is 8.72. The molecule has 0 radical (unpaired) electrons. The summed E-state index contributed by atoms with van der Waals surface area (Å²) in [5, 5.41) is 6.50. The van der Waals surface area contributed by atoms with Crippen molar-refractivity contribution < 1.29 is 14.3 Å². The third-order valence-electron chi connectivity index (χ3n) is 7.96. The third-order valence-corrected chi connectivity index (χ3v) is 7.96. The van der Waals surface area contributed by atoms with Gasteiger partial charge >= 0.3 is 0 Å². The number of pyridine rings is 2. The van der Waals surface area contributed by atoms with Gasteiger partial charge in [-0.15, -0.1) is 0 Å². The van der Waals surface area contributed by atoms with E-state index in [2.05, 4.69) is 51.1 Å². The minimum atomic E-state index is -0.0796. The third kappa shape index (κ3) is 4.22. The van der Waals surface area contributed by atoms with Gasteiger partial charge in [-0.1, -0.05) is 12.1 Å². The Morgan fingerprint density at radius 1 is 1.10 bits per heavy atom. The number of rotatable bonds is 6. The van der Waals surface area contributed by atoms with Crippen LogP contribution in [0.3, 0.4) is 0 Å². The normalized spacial score (nSPS) is 16.8. The van der Waals surface area contributed by atoms with Crippen molar-refractivity contribution in [2.75, 3.05) is 39.2 Å².